The van der Waals surface area contributed by atoms with Crippen LogP contribution in [0.4, 0.5) is 5.69 Å². The maximum absolute atomic E-state index is 12.4. The quantitative estimate of drug-likeness (QED) is 0.911. The van der Waals surface area contributed by atoms with E-state index in [9.17, 15) is 4.79 Å². The van der Waals surface area contributed by atoms with E-state index in [-0.39, 0.29) is 11.9 Å². The highest BCUT2D eigenvalue weighted by molar-refractivity contribution is 6.30. The average Bonchev–Trinajstić information content (AvgIpc) is 2.54. The van der Waals surface area contributed by atoms with Crippen LogP contribution in [0, 0.1) is 11.3 Å². The molecule has 0 spiro atoms. The summed E-state index contributed by atoms with van der Waals surface area (Å²) in [6, 6.07) is 16.2. The third-order valence-corrected chi connectivity index (χ3v) is 3.90. The van der Waals surface area contributed by atoms with Crippen molar-refractivity contribution in [2.75, 3.05) is 12.4 Å². The molecule has 0 saturated carbocycles. The summed E-state index contributed by atoms with van der Waals surface area (Å²) < 4.78 is 0. The van der Waals surface area contributed by atoms with E-state index in [1.165, 1.54) is 0 Å². The molecule has 118 valence electrons. The largest absolute Gasteiger partial charge is 0.324 e. The van der Waals surface area contributed by atoms with Crippen molar-refractivity contribution in [1.29, 1.82) is 5.26 Å². The molecule has 23 heavy (non-hydrogen) atoms. The second-order valence-electron chi connectivity index (χ2n) is 5.37. The van der Waals surface area contributed by atoms with Crippen LogP contribution in [0.15, 0.2) is 48.5 Å². The Balaban J connectivity index is 2.03. The Morgan fingerprint density at radius 1 is 1.30 bits per heavy atom. The first-order valence-corrected chi connectivity index (χ1v) is 7.63. The lowest BCUT2D eigenvalue weighted by Crippen LogP contribution is -2.39. The molecule has 1 amide bonds. The van der Waals surface area contributed by atoms with E-state index in [0.29, 0.717) is 22.8 Å². The van der Waals surface area contributed by atoms with Crippen LogP contribution in [0.25, 0.3) is 0 Å². The highest BCUT2D eigenvalue weighted by Gasteiger charge is 2.19. The molecule has 2 aromatic carbocycles. The number of nitrogens with zero attached hydrogens (tertiary/aromatic N) is 2. The van der Waals surface area contributed by atoms with Crippen LogP contribution < -0.4 is 5.32 Å². The monoisotopic (exact) mass is 327 g/mol. The van der Waals surface area contributed by atoms with Crippen LogP contribution in [0.2, 0.25) is 5.02 Å². The Morgan fingerprint density at radius 2 is 2.04 bits per heavy atom. The molecule has 2 rings (SSSR count). The van der Waals surface area contributed by atoms with Gasteiger partial charge in [-0.15, -0.1) is 0 Å². The zero-order chi connectivity index (χ0) is 16.8. The van der Waals surface area contributed by atoms with Gasteiger partial charge in [0.1, 0.15) is 6.07 Å². The Kier molecular flexibility index (Phi) is 5.75. The van der Waals surface area contributed by atoms with Gasteiger partial charge in [0.15, 0.2) is 0 Å². The van der Waals surface area contributed by atoms with Crippen molar-refractivity contribution in [3.8, 4) is 6.07 Å². The number of likely N-dealkylation sites (N-methyl/N-ethyl adjacent to an activating group) is 1. The summed E-state index contributed by atoms with van der Waals surface area (Å²) in [4.78, 5) is 14.3. The molecular weight excluding hydrogens is 310 g/mol. The Bertz CT molecular complexity index is 739. The van der Waals surface area contributed by atoms with Gasteiger partial charge in [0.2, 0.25) is 5.91 Å². The number of para-hydroxylation sites is 1. The predicted octanol–water partition coefficient (Wildman–Crippen LogP) is 3.67. The van der Waals surface area contributed by atoms with Gasteiger partial charge in [0.25, 0.3) is 0 Å². The molecule has 0 aliphatic rings. The molecule has 0 aromatic heterocycles. The fraction of sp³-hybridized carbons (Fsp3) is 0.222. The maximum atomic E-state index is 12.4. The number of carbonyl (C=O) groups is 1. The molecule has 5 heteroatoms. The summed E-state index contributed by atoms with van der Waals surface area (Å²) in [5.41, 5.74) is 2.02. The van der Waals surface area contributed by atoms with E-state index in [1.807, 2.05) is 43.1 Å². The van der Waals surface area contributed by atoms with Gasteiger partial charge in [0, 0.05) is 11.6 Å². The zero-order valence-corrected chi connectivity index (χ0v) is 13.8. The molecule has 2 aromatic rings. The summed E-state index contributed by atoms with van der Waals surface area (Å²) in [5.74, 6) is -0.155. The van der Waals surface area contributed by atoms with Gasteiger partial charge >= 0.3 is 0 Å². The number of carbonyl (C=O) groups excluding carboxylic acids is 1. The molecule has 1 N–H and O–H groups in total. The van der Waals surface area contributed by atoms with E-state index >= 15 is 0 Å². The normalized spacial score (nSPS) is 11.8. The third kappa shape index (κ3) is 4.56. The number of nitrogens with one attached hydrogen (secondary N) is 1. The molecule has 0 aliphatic carbocycles. The fourth-order valence-corrected chi connectivity index (χ4v) is 2.40. The number of anilines is 1. The summed E-state index contributed by atoms with van der Waals surface area (Å²) in [5, 5.41) is 12.6. The molecule has 0 aliphatic heterocycles. The van der Waals surface area contributed by atoms with Crippen molar-refractivity contribution in [3.63, 3.8) is 0 Å². The molecular formula is C18H18ClN3O. The smallest absolute Gasteiger partial charge is 0.241 e. The van der Waals surface area contributed by atoms with Gasteiger partial charge in [0.05, 0.1) is 17.3 Å². The molecule has 0 heterocycles. The van der Waals surface area contributed by atoms with Gasteiger partial charge < -0.3 is 5.32 Å². The van der Waals surface area contributed by atoms with Gasteiger partial charge in [-0.2, -0.15) is 5.26 Å². The Labute approximate surface area is 141 Å². The molecule has 0 bridgehead atoms. The average molecular weight is 328 g/mol. The standard InChI is InChI=1S/C18H18ClN3O/c1-13(22(2)12-14-6-5-8-16(19)10-14)18(23)21-17-9-4-3-7-15(17)11-20/h3-10,13H,12H2,1-2H3,(H,21,23)/t13-/m0/s1. The highest BCUT2D eigenvalue weighted by Crippen LogP contribution is 2.16. The summed E-state index contributed by atoms with van der Waals surface area (Å²) in [7, 11) is 1.88. The van der Waals surface area contributed by atoms with E-state index in [0.717, 1.165) is 5.56 Å². The predicted molar refractivity (Wildman–Crippen MR) is 92.2 cm³/mol. The molecule has 0 radical (unpaired) electrons. The Hall–Kier alpha value is -2.35. The first-order valence-electron chi connectivity index (χ1n) is 7.26. The zero-order valence-electron chi connectivity index (χ0n) is 13.1. The van der Waals surface area contributed by atoms with Gasteiger partial charge in [-0.25, -0.2) is 0 Å². The van der Waals surface area contributed by atoms with Crippen LogP contribution in [0.3, 0.4) is 0 Å². The maximum Gasteiger partial charge on any atom is 0.241 e. The topological polar surface area (TPSA) is 56.1 Å². The SMILES string of the molecule is C[C@@H](C(=O)Nc1ccccc1C#N)N(C)Cc1cccc(Cl)c1. The molecule has 0 saturated heterocycles. The Morgan fingerprint density at radius 3 is 2.74 bits per heavy atom. The van der Waals surface area contributed by atoms with E-state index in [1.54, 1.807) is 24.3 Å². The van der Waals surface area contributed by atoms with Gasteiger partial charge in [-0.3, -0.25) is 9.69 Å². The fourth-order valence-electron chi connectivity index (χ4n) is 2.19. The first kappa shape index (κ1) is 17.0. The first-order chi connectivity index (χ1) is 11.0. The minimum absolute atomic E-state index is 0.155. The number of nitriles is 1. The van der Waals surface area contributed by atoms with Crippen LogP contribution in [-0.2, 0) is 11.3 Å². The van der Waals surface area contributed by atoms with E-state index < -0.39 is 0 Å². The number of hydrogen-bond acceptors (Lipinski definition) is 3. The van der Waals surface area contributed by atoms with Crippen molar-refractivity contribution in [2.45, 2.75) is 19.5 Å². The number of halogens is 1. The summed E-state index contributed by atoms with van der Waals surface area (Å²) in [6.45, 7) is 2.43. The second-order valence-corrected chi connectivity index (χ2v) is 5.80. The van der Waals surface area contributed by atoms with Gasteiger partial charge in [-0.1, -0.05) is 35.9 Å². The number of hydrogen-bond donors (Lipinski definition) is 1. The number of rotatable bonds is 5. The minimum Gasteiger partial charge on any atom is -0.324 e. The lowest BCUT2D eigenvalue weighted by atomic mass is 10.1. The molecule has 1 atom stereocenters. The van der Waals surface area contributed by atoms with Gasteiger partial charge in [-0.05, 0) is 43.8 Å². The van der Waals surface area contributed by atoms with Crippen molar-refractivity contribution in [2.24, 2.45) is 0 Å². The third-order valence-electron chi connectivity index (χ3n) is 3.67. The van der Waals surface area contributed by atoms with Crippen molar-refractivity contribution in [3.05, 3.63) is 64.7 Å². The van der Waals surface area contributed by atoms with E-state index in [4.69, 9.17) is 16.9 Å². The van der Waals surface area contributed by atoms with Crippen LogP contribution in [-0.4, -0.2) is 23.9 Å². The van der Waals surface area contributed by atoms with Crippen LogP contribution >= 0.6 is 11.6 Å². The minimum atomic E-state index is -0.347. The lowest BCUT2D eigenvalue weighted by molar-refractivity contribution is -0.120. The van der Waals surface area contributed by atoms with Crippen molar-refractivity contribution >= 4 is 23.2 Å². The highest BCUT2D eigenvalue weighted by atomic mass is 35.5. The van der Waals surface area contributed by atoms with Crippen molar-refractivity contribution in [1.82, 2.24) is 4.90 Å². The van der Waals surface area contributed by atoms with Crippen LogP contribution in [0.5, 0.6) is 0 Å². The second kappa shape index (κ2) is 7.77. The summed E-state index contributed by atoms with van der Waals surface area (Å²) >= 11 is 5.98. The molecule has 4 nitrogen and oxygen atoms in total. The van der Waals surface area contributed by atoms with Crippen LogP contribution in [0.1, 0.15) is 18.1 Å². The molecule has 0 unspecified atom stereocenters. The number of benzene rings is 2. The lowest BCUT2D eigenvalue weighted by Gasteiger charge is -2.24. The summed E-state index contributed by atoms with van der Waals surface area (Å²) in [6.07, 6.45) is 0. The van der Waals surface area contributed by atoms with E-state index in [2.05, 4.69) is 11.4 Å². The van der Waals surface area contributed by atoms with Crippen molar-refractivity contribution < 1.29 is 4.79 Å². The number of amides is 1. The molecule has 0 fully saturated rings.